The number of nitrogens with one attached hydrogen (secondary N) is 2. The smallest absolute Gasteiger partial charge is 0.231 e. The molecule has 98 valence electrons. The number of nitrogens with zero attached hydrogens (tertiary/aromatic N) is 2. The lowest BCUT2D eigenvalue weighted by molar-refractivity contribution is -0.117. The Balaban J connectivity index is 1.94. The van der Waals surface area contributed by atoms with Crippen molar-refractivity contribution >= 4 is 11.6 Å². The number of likely N-dealkylation sites (N-methyl/N-ethyl adjacent to an activating group) is 1. The predicted molar refractivity (Wildman–Crippen MR) is 73.9 cm³/mol. The highest BCUT2D eigenvalue weighted by atomic mass is 16.2. The molecule has 0 fully saturated rings. The fourth-order valence-corrected chi connectivity index (χ4v) is 2.42. The summed E-state index contributed by atoms with van der Waals surface area (Å²) in [5.74, 6) is 0.144. The van der Waals surface area contributed by atoms with Gasteiger partial charge in [0.25, 0.3) is 0 Å². The van der Waals surface area contributed by atoms with Gasteiger partial charge in [-0.05, 0) is 30.8 Å². The van der Waals surface area contributed by atoms with Gasteiger partial charge in [0.15, 0.2) is 0 Å². The van der Waals surface area contributed by atoms with Crippen LogP contribution >= 0.6 is 0 Å². The summed E-state index contributed by atoms with van der Waals surface area (Å²) in [6.45, 7) is 0.763. The summed E-state index contributed by atoms with van der Waals surface area (Å²) >= 11 is 0. The molecule has 0 spiro atoms. The van der Waals surface area contributed by atoms with Gasteiger partial charge in [-0.2, -0.15) is 5.10 Å². The zero-order valence-electron chi connectivity index (χ0n) is 11.0. The van der Waals surface area contributed by atoms with Crippen molar-refractivity contribution in [1.82, 2.24) is 15.5 Å². The van der Waals surface area contributed by atoms with Crippen LogP contribution in [-0.4, -0.2) is 30.2 Å². The Morgan fingerprint density at radius 2 is 2.26 bits per heavy atom. The van der Waals surface area contributed by atoms with E-state index in [1.807, 2.05) is 32.3 Å². The van der Waals surface area contributed by atoms with E-state index in [-0.39, 0.29) is 5.91 Å². The fraction of sp³-hybridized carbons (Fsp3) is 0.286. The highest BCUT2D eigenvalue weighted by molar-refractivity contribution is 6.01. The SMILES string of the molecule is CNCc1cc(-c2ccc3c(c2)CC(=O)N3C)n[nH]1. The summed E-state index contributed by atoms with van der Waals surface area (Å²) in [5.41, 5.74) is 5.07. The normalized spacial score (nSPS) is 14.0. The third-order valence-electron chi connectivity index (χ3n) is 3.45. The Kier molecular flexibility index (Phi) is 2.83. The molecular formula is C14H16N4O. The van der Waals surface area contributed by atoms with Crippen LogP contribution in [-0.2, 0) is 17.8 Å². The predicted octanol–water partition coefficient (Wildman–Crippen LogP) is 1.31. The van der Waals surface area contributed by atoms with Crippen LogP contribution in [0.2, 0.25) is 0 Å². The van der Waals surface area contributed by atoms with Crippen LogP contribution in [0.25, 0.3) is 11.3 Å². The van der Waals surface area contributed by atoms with Crippen molar-refractivity contribution in [2.75, 3.05) is 19.0 Å². The number of anilines is 1. The highest BCUT2D eigenvalue weighted by Gasteiger charge is 2.24. The number of H-pyrrole nitrogens is 1. The monoisotopic (exact) mass is 256 g/mol. The zero-order chi connectivity index (χ0) is 13.4. The molecule has 1 aromatic heterocycles. The number of hydrogen-bond donors (Lipinski definition) is 2. The molecular weight excluding hydrogens is 240 g/mol. The molecule has 2 aromatic rings. The molecule has 2 heterocycles. The first kappa shape index (κ1) is 11.9. The number of rotatable bonds is 3. The fourth-order valence-electron chi connectivity index (χ4n) is 2.42. The lowest BCUT2D eigenvalue weighted by Gasteiger charge is -2.09. The number of hydrogen-bond acceptors (Lipinski definition) is 3. The molecule has 5 heteroatoms. The molecule has 0 radical (unpaired) electrons. The van der Waals surface area contributed by atoms with Crippen LogP contribution in [0.15, 0.2) is 24.3 Å². The molecule has 0 atom stereocenters. The van der Waals surface area contributed by atoms with E-state index in [1.54, 1.807) is 4.90 Å². The number of aromatic nitrogens is 2. The van der Waals surface area contributed by atoms with Crippen LogP contribution in [0.3, 0.4) is 0 Å². The minimum absolute atomic E-state index is 0.144. The van der Waals surface area contributed by atoms with E-state index < -0.39 is 0 Å². The Hall–Kier alpha value is -2.14. The van der Waals surface area contributed by atoms with Gasteiger partial charge in [0.05, 0.1) is 12.1 Å². The summed E-state index contributed by atoms with van der Waals surface area (Å²) in [7, 11) is 3.71. The lowest BCUT2D eigenvalue weighted by atomic mass is 10.1. The first-order chi connectivity index (χ1) is 9.19. The number of aromatic amines is 1. The second kappa shape index (κ2) is 4.51. The second-order valence-electron chi connectivity index (χ2n) is 4.78. The highest BCUT2D eigenvalue weighted by Crippen LogP contribution is 2.31. The van der Waals surface area contributed by atoms with Crippen LogP contribution in [0, 0.1) is 0 Å². The van der Waals surface area contributed by atoms with Gasteiger partial charge in [-0.15, -0.1) is 0 Å². The maximum absolute atomic E-state index is 11.7. The maximum Gasteiger partial charge on any atom is 0.231 e. The largest absolute Gasteiger partial charge is 0.315 e. The number of benzene rings is 1. The Bertz CT molecular complexity index is 632. The van der Waals surface area contributed by atoms with Gasteiger partial charge in [0.2, 0.25) is 5.91 Å². The van der Waals surface area contributed by atoms with Gasteiger partial charge in [0, 0.05) is 30.5 Å². The molecule has 1 amide bonds. The molecule has 0 aliphatic carbocycles. The van der Waals surface area contributed by atoms with E-state index in [0.29, 0.717) is 6.42 Å². The van der Waals surface area contributed by atoms with Crippen molar-refractivity contribution in [3.8, 4) is 11.3 Å². The van der Waals surface area contributed by atoms with E-state index in [1.165, 1.54) is 0 Å². The van der Waals surface area contributed by atoms with Crippen molar-refractivity contribution in [1.29, 1.82) is 0 Å². The minimum atomic E-state index is 0.144. The number of carbonyl (C=O) groups is 1. The van der Waals surface area contributed by atoms with E-state index >= 15 is 0 Å². The van der Waals surface area contributed by atoms with Crippen LogP contribution in [0.5, 0.6) is 0 Å². The zero-order valence-corrected chi connectivity index (χ0v) is 11.0. The first-order valence-corrected chi connectivity index (χ1v) is 6.28. The number of amides is 1. The van der Waals surface area contributed by atoms with Crippen molar-refractivity contribution in [2.45, 2.75) is 13.0 Å². The number of fused-ring (bicyclic) bond motifs is 1. The van der Waals surface area contributed by atoms with E-state index in [0.717, 1.165) is 34.7 Å². The quantitative estimate of drug-likeness (QED) is 0.870. The third kappa shape index (κ3) is 2.02. The van der Waals surface area contributed by atoms with Crippen LogP contribution in [0.4, 0.5) is 5.69 Å². The first-order valence-electron chi connectivity index (χ1n) is 6.28. The van der Waals surface area contributed by atoms with Crippen LogP contribution in [0.1, 0.15) is 11.3 Å². The van der Waals surface area contributed by atoms with E-state index in [9.17, 15) is 4.79 Å². The minimum Gasteiger partial charge on any atom is -0.315 e. The summed E-state index contributed by atoms with van der Waals surface area (Å²) in [5, 5.41) is 10.4. The summed E-state index contributed by atoms with van der Waals surface area (Å²) in [6, 6.07) is 8.07. The van der Waals surface area contributed by atoms with Crippen molar-refractivity contribution in [3.63, 3.8) is 0 Å². The molecule has 0 saturated carbocycles. The maximum atomic E-state index is 11.7. The molecule has 5 nitrogen and oxygen atoms in total. The molecule has 19 heavy (non-hydrogen) atoms. The van der Waals surface area contributed by atoms with Gasteiger partial charge < -0.3 is 10.2 Å². The lowest BCUT2D eigenvalue weighted by Crippen LogP contribution is -2.20. The van der Waals surface area contributed by atoms with Gasteiger partial charge in [-0.25, -0.2) is 0 Å². The molecule has 0 bridgehead atoms. The topological polar surface area (TPSA) is 61.0 Å². The molecule has 1 aliphatic rings. The van der Waals surface area contributed by atoms with E-state index in [4.69, 9.17) is 0 Å². The summed E-state index contributed by atoms with van der Waals surface area (Å²) in [4.78, 5) is 13.4. The third-order valence-corrected chi connectivity index (χ3v) is 3.45. The van der Waals surface area contributed by atoms with Crippen molar-refractivity contribution in [3.05, 3.63) is 35.5 Å². The summed E-state index contributed by atoms with van der Waals surface area (Å²) < 4.78 is 0. The molecule has 1 aromatic carbocycles. The van der Waals surface area contributed by atoms with Crippen molar-refractivity contribution < 1.29 is 4.79 Å². The van der Waals surface area contributed by atoms with Gasteiger partial charge in [-0.1, -0.05) is 6.07 Å². The van der Waals surface area contributed by atoms with Crippen LogP contribution < -0.4 is 10.2 Å². The van der Waals surface area contributed by atoms with Gasteiger partial charge >= 0.3 is 0 Å². The van der Waals surface area contributed by atoms with Gasteiger partial charge in [-0.3, -0.25) is 9.89 Å². The molecule has 0 saturated heterocycles. The number of carbonyl (C=O) groups excluding carboxylic acids is 1. The average Bonchev–Trinajstić information content (AvgIpc) is 2.96. The standard InChI is InChI=1S/C14H16N4O/c1-15-8-11-7-12(17-16-11)9-3-4-13-10(5-9)6-14(19)18(13)2/h3-5,7,15H,6,8H2,1-2H3,(H,16,17). The Morgan fingerprint density at radius 1 is 1.42 bits per heavy atom. The van der Waals surface area contributed by atoms with E-state index in [2.05, 4.69) is 21.6 Å². The molecule has 0 unspecified atom stereocenters. The molecule has 2 N–H and O–H groups in total. The Morgan fingerprint density at radius 3 is 3.05 bits per heavy atom. The average molecular weight is 256 g/mol. The Labute approximate surface area is 111 Å². The van der Waals surface area contributed by atoms with Crippen molar-refractivity contribution in [2.24, 2.45) is 0 Å². The summed E-state index contributed by atoms with van der Waals surface area (Å²) in [6.07, 6.45) is 0.480. The second-order valence-corrected chi connectivity index (χ2v) is 4.78. The molecule has 1 aliphatic heterocycles. The molecule has 3 rings (SSSR count). The van der Waals surface area contributed by atoms with Gasteiger partial charge in [0.1, 0.15) is 0 Å².